The van der Waals surface area contributed by atoms with Gasteiger partial charge in [0.2, 0.25) is 5.88 Å². The van der Waals surface area contributed by atoms with Gasteiger partial charge >= 0.3 is 0 Å². The van der Waals surface area contributed by atoms with Crippen LogP contribution in [-0.2, 0) is 0 Å². The SMILES string of the molecule is C=CCOc1[c]cccn1. The monoisotopic (exact) mass is 134 g/mol. The summed E-state index contributed by atoms with van der Waals surface area (Å²) < 4.78 is 5.07. The quantitative estimate of drug-likeness (QED) is 0.583. The maximum absolute atomic E-state index is 5.07. The molecular weight excluding hydrogens is 126 g/mol. The summed E-state index contributed by atoms with van der Waals surface area (Å²) in [6.07, 6.45) is 3.33. The first-order valence-electron chi connectivity index (χ1n) is 3.00. The Morgan fingerprint density at radius 2 is 2.70 bits per heavy atom. The largest absolute Gasteiger partial charge is 0.473 e. The van der Waals surface area contributed by atoms with E-state index in [1.165, 1.54) is 0 Å². The third-order valence-electron chi connectivity index (χ3n) is 0.919. The highest BCUT2D eigenvalue weighted by Crippen LogP contribution is 2.00. The van der Waals surface area contributed by atoms with E-state index in [2.05, 4.69) is 17.6 Å². The molecule has 0 aromatic carbocycles. The molecule has 0 amide bonds. The Morgan fingerprint density at radius 1 is 1.80 bits per heavy atom. The van der Waals surface area contributed by atoms with Crippen molar-refractivity contribution in [3.05, 3.63) is 37.1 Å². The number of aromatic nitrogens is 1. The van der Waals surface area contributed by atoms with E-state index >= 15 is 0 Å². The summed E-state index contributed by atoms with van der Waals surface area (Å²) in [7, 11) is 0. The average molecular weight is 134 g/mol. The number of ether oxygens (including phenoxy) is 1. The van der Waals surface area contributed by atoms with Crippen LogP contribution in [-0.4, -0.2) is 11.6 Å². The summed E-state index contributed by atoms with van der Waals surface area (Å²) in [5.41, 5.74) is 0. The van der Waals surface area contributed by atoms with Crippen LogP contribution in [0.2, 0.25) is 0 Å². The molecule has 0 fully saturated rings. The molecular formula is C8H8NO. The Hall–Kier alpha value is -1.31. The maximum atomic E-state index is 5.07. The third kappa shape index (κ3) is 1.90. The van der Waals surface area contributed by atoms with E-state index in [4.69, 9.17) is 4.74 Å². The number of pyridine rings is 1. The first-order valence-corrected chi connectivity index (χ1v) is 3.00. The summed E-state index contributed by atoms with van der Waals surface area (Å²) in [5.74, 6) is 0.516. The normalized spacial score (nSPS) is 8.80. The van der Waals surface area contributed by atoms with Crippen LogP contribution in [0.1, 0.15) is 0 Å². The van der Waals surface area contributed by atoms with Crippen molar-refractivity contribution in [1.82, 2.24) is 4.98 Å². The molecule has 0 N–H and O–H groups in total. The number of hydrogen-bond donors (Lipinski definition) is 0. The highest BCUT2D eigenvalue weighted by molar-refractivity contribution is 5.07. The van der Waals surface area contributed by atoms with Gasteiger partial charge in [0.15, 0.2) is 0 Å². The third-order valence-corrected chi connectivity index (χ3v) is 0.919. The van der Waals surface area contributed by atoms with Gasteiger partial charge in [-0.1, -0.05) is 12.7 Å². The highest BCUT2D eigenvalue weighted by atomic mass is 16.5. The van der Waals surface area contributed by atoms with Crippen LogP contribution < -0.4 is 4.74 Å². The standard InChI is InChI=1S/C8H8NO/c1-2-7-10-8-5-3-4-6-9-8/h2-4,6H,1,7H2. The van der Waals surface area contributed by atoms with Crippen LogP contribution in [0.4, 0.5) is 0 Å². The molecule has 2 nitrogen and oxygen atoms in total. The Morgan fingerprint density at radius 3 is 3.30 bits per heavy atom. The van der Waals surface area contributed by atoms with Crippen LogP contribution in [0.25, 0.3) is 0 Å². The predicted molar refractivity (Wildman–Crippen MR) is 38.8 cm³/mol. The van der Waals surface area contributed by atoms with Crippen LogP contribution >= 0.6 is 0 Å². The molecule has 10 heavy (non-hydrogen) atoms. The van der Waals surface area contributed by atoms with Crippen molar-refractivity contribution in [2.24, 2.45) is 0 Å². The van der Waals surface area contributed by atoms with E-state index in [-0.39, 0.29) is 0 Å². The van der Waals surface area contributed by atoms with Crippen LogP contribution in [0.5, 0.6) is 5.88 Å². The van der Waals surface area contributed by atoms with Crippen molar-refractivity contribution in [2.45, 2.75) is 0 Å². The lowest BCUT2D eigenvalue weighted by molar-refractivity contribution is 0.348. The van der Waals surface area contributed by atoms with Crippen molar-refractivity contribution in [1.29, 1.82) is 0 Å². The molecule has 0 aliphatic rings. The minimum absolute atomic E-state index is 0.480. The zero-order valence-corrected chi connectivity index (χ0v) is 5.58. The highest BCUT2D eigenvalue weighted by Gasteiger charge is 1.87. The molecule has 1 radical (unpaired) electrons. The fourth-order valence-electron chi connectivity index (χ4n) is 0.527. The van der Waals surface area contributed by atoms with Gasteiger partial charge < -0.3 is 4.74 Å². The number of rotatable bonds is 3. The molecule has 0 saturated carbocycles. The molecule has 0 unspecified atom stereocenters. The van der Waals surface area contributed by atoms with Gasteiger partial charge in [0.05, 0.1) is 0 Å². The molecule has 2 heteroatoms. The molecule has 51 valence electrons. The Kier molecular flexibility index (Phi) is 2.49. The first-order chi connectivity index (χ1) is 4.93. The van der Waals surface area contributed by atoms with E-state index in [9.17, 15) is 0 Å². The second-order valence-electron chi connectivity index (χ2n) is 1.69. The van der Waals surface area contributed by atoms with Gasteiger partial charge in [0.25, 0.3) is 0 Å². The summed E-state index contributed by atoms with van der Waals surface area (Å²) in [6.45, 7) is 3.99. The van der Waals surface area contributed by atoms with Gasteiger partial charge in [-0.15, -0.1) is 0 Å². The molecule has 0 bridgehead atoms. The molecule has 1 aromatic heterocycles. The smallest absolute Gasteiger partial charge is 0.221 e. The lowest BCUT2D eigenvalue weighted by atomic mass is 10.5. The van der Waals surface area contributed by atoms with E-state index in [1.54, 1.807) is 24.4 Å². The summed E-state index contributed by atoms with van der Waals surface area (Å²) in [4.78, 5) is 3.89. The second kappa shape index (κ2) is 3.67. The molecule has 1 heterocycles. The van der Waals surface area contributed by atoms with Crippen molar-refractivity contribution in [2.75, 3.05) is 6.61 Å². The summed E-state index contributed by atoms with van der Waals surface area (Å²) >= 11 is 0. The molecule has 0 saturated heterocycles. The van der Waals surface area contributed by atoms with Crippen LogP contribution in [0.15, 0.2) is 31.0 Å². The number of hydrogen-bond acceptors (Lipinski definition) is 2. The van der Waals surface area contributed by atoms with Gasteiger partial charge in [-0.3, -0.25) is 0 Å². The van der Waals surface area contributed by atoms with Crippen molar-refractivity contribution in [3.63, 3.8) is 0 Å². The van der Waals surface area contributed by atoms with Gasteiger partial charge in [-0.05, 0) is 12.1 Å². The van der Waals surface area contributed by atoms with Gasteiger partial charge in [-0.25, -0.2) is 4.98 Å². The average Bonchev–Trinajstić information content (AvgIpc) is 2.03. The fraction of sp³-hybridized carbons (Fsp3) is 0.125. The van der Waals surface area contributed by atoms with E-state index < -0.39 is 0 Å². The summed E-state index contributed by atoms with van der Waals surface area (Å²) in [5, 5.41) is 0. The predicted octanol–water partition coefficient (Wildman–Crippen LogP) is 1.45. The maximum Gasteiger partial charge on any atom is 0.221 e. The Labute approximate surface area is 60.2 Å². The molecule has 0 spiro atoms. The minimum atomic E-state index is 0.480. The first kappa shape index (κ1) is 6.81. The molecule has 0 atom stereocenters. The van der Waals surface area contributed by atoms with Crippen molar-refractivity contribution in [3.8, 4) is 5.88 Å². The fourth-order valence-corrected chi connectivity index (χ4v) is 0.527. The van der Waals surface area contributed by atoms with E-state index in [1.807, 2.05) is 0 Å². The number of nitrogens with zero attached hydrogens (tertiary/aromatic N) is 1. The Bertz CT molecular complexity index is 196. The van der Waals surface area contributed by atoms with Gasteiger partial charge in [0.1, 0.15) is 6.61 Å². The van der Waals surface area contributed by atoms with E-state index in [0.717, 1.165) is 0 Å². The topological polar surface area (TPSA) is 22.1 Å². The lowest BCUT2D eigenvalue weighted by Gasteiger charge is -1.97. The van der Waals surface area contributed by atoms with Crippen LogP contribution in [0, 0.1) is 6.07 Å². The van der Waals surface area contributed by atoms with Crippen molar-refractivity contribution < 1.29 is 4.74 Å². The van der Waals surface area contributed by atoms with Gasteiger partial charge in [0, 0.05) is 12.3 Å². The van der Waals surface area contributed by atoms with Crippen molar-refractivity contribution >= 4 is 0 Å². The zero-order valence-electron chi connectivity index (χ0n) is 5.58. The lowest BCUT2D eigenvalue weighted by Crippen LogP contribution is -1.93. The molecule has 1 rings (SSSR count). The van der Waals surface area contributed by atoms with Gasteiger partial charge in [-0.2, -0.15) is 0 Å². The van der Waals surface area contributed by atoms with Crippen LogP contribution in [0.3, 0.4) is 0 Å². The molecule has 0 aliphatic carbocycles. The minimum Gasteiger partial charge on any atom is -0.473 e. The van der Waals surface area contributed by atoms with E-state index in [0.29, 0.717) is 12.5 Å². The summed E-state index contributed by atoms with van der Waals surface area (Å²) in [6, 6.07) is 6.37. The molecule has 1 aromatic rings. The molecule has 0 aliphatic heterocycles. The Balaban J connectivity index is 2.50. The zero-order chi connectivity index (χ0) is 7.23. The second-order valence-corrected chi connectivity index (χ2v) is 1.69.